The fraction of sp³-hybridized carbons (Fsp3) is 0.520. The van der Waals surface area contributed by atoms with Crippen molar-refractivity contribution < 1.29 is 4.74 Å². The van der Waals surface area contributed by atoms with Gasteiger partial charge in [-0.3, -0.25) is 0 Å². The second kappa shape index (κ2) is 12.7. The topological polar surface area (TPSA) is 9.23 Å². The smallest absolute Gasteiger partial charge is 0.0579 e. The van der Waals surface area contributed by atoms with Crippen LogP contribution in [0.5, 0.6) is 0 Å². The van der Waals surface area contributed by atoms with Gasteiger partial charge in [0, 0.05) is 5.92 Å². The standard InChI is InChI=1S/C25H36O/c1-3-4-5-6-7-8-11-16-22(2)26-21-25(23-17-12-9-13-18-23)24-19-14-10-15-20-24/h9-10,12-15,17-20,22,25H,3-8,11,16,21H2,1-2H3. The molecule has 0 aliphatic carbocycles. The lowest BCUT2D eigenvalue weighted by atomic mass is 9.92. The summed E-state index contributed by atoms with van der Waals surface area (Å²) in [6, 6.07) is 21.5. The Hall–Kier alpha value is -1.60. The van der Waals surface area contributed by atoms with Gasteiger partial charge in [0.1, 0.15) is 0 Å². The average molecular weight is 353 g/mol. The van der Waals surface area contributed by atoms with Crippen molar-refractivity contribution in [3.8, 4) is 0 Å². The highest BCUT2D eigenvalue weighted by molar-refractivity contribution is 5.32. The maximum atomic E-state index is 6.26. The molecule has 0 radical (unpaired) electrons. The van der Waals surface area contributed by atoms with E-state index in [4.69, 9.17) is 4.74 Å². The Labute approximate surface area is 160 Å². The molecule has 0 aliphatic heterocycles. The van der Waals surface area contributed by atoms with E-state index in [0.717, 1.165) is 6.61 Å². The maximum Gasteiger partial charge on any atom is 0.0579 e. The maximum absolute atomic E-state index is 6.26. The zero-order valence-corrected chi connectivity index (χ0v) is 16.7. The zero-order valence-electron chi connectivity index (χ0n) is 16.7. The minimum atomic E-state index is 0.314. The predicted octanol–water partition coefficient (Wildman–Crippen LogP) is 7.36. The molecule has 0 saturated carbocycles. The largest absolute Gasteiger partial charge is 0.378 e. The fourth-order valence-electron chi connectivity index (χ4n) is 3.49. The summed E-state index contributed by atoms with van der Waals surface area (Å²) in [6.45, 7) is 5.26. The Kier molecular flexibility index (Phi) is 10.1. The van der Waals surface area contributed by atoms with Crippen LogP contribution in [0.3, 0.4) is 0 Å². The summed E-state index contributed by atoms with van der Waals surface area (Å²) >= 11 is 0. The molecule has 0 heterocycles. The number of hydrogen-bond acceptors (Lipinski definition) is 1. The molecule has 2 rings (SSSR count). The molecule has 0 amide bonds. The summed E-state index contributed by atoms with van der Waals surface area (Å²) in [5.41, 5.74) is 2.67. The van der Waals surface area contributed by atoms with E-state index in [2.05, 4.69) is 74.5 Å². The molecular formula is C25H36O. The quantitative estimate of drug-likeness (QED) is 0.342. The Morgan fingerprint density at radius 1 is 0.692 bits per heavy atom. The monoisotopic (exact) mass is 352 g/mol. The second-order valence-electron chi connectivity index (χ2n) is 7.43. The van der Waals surface area contributed by atoms with Gasteiger partial charge < -0.3 is 4.74 Å². The lowest BCUT2D eigenvalue weighted by Crippen LogP contribution is -2.16. The SMILES string of the molecule is CCCCCCCCCC(C)OCC(c1ccccc1)c1ccccc1. The van der Waals surface area contributed by atoms with Gasteiger partial charge in [0.15, 0.2) is 0 Å². The van der Waals surface area contributed by atoms with Crippen molar-refractivity contribution in [1.82, 2.24) is 0 Å². The first-order chi connectivity index (χ1) is 12.8. The van der Waals surface area contributed by atoms with E-state index in [1.54, 1.807) is 0 Å². The van der Waals surface area contributed by atoms with Crippen LogP contribution in [0.2, 0.25) is 0 Å². The molecule has 1 unspecified atom stereocenters. The Bertz CT molecular complexity index is 524. The van der Waals surface area contributed by atoms with Crippen LogP contribution in [0.4, 0.5) is 0 Å². The van der Waals surface area contributed by atoms with E-state index in [-0.39, 0.29) is 0 Å². The van der Waals surface area contributed by atoms with Crippen molar-refractivity contribution in [2.45, 2.75) is 77.2 Å². The first kappa shape index (κ1) is 20.7. The van der Waals surface area contributed by atoms with Gasteiger partial charge >= 0.3 is 0 Å². The van der Waals surface area contributed by atoms with Crippen molar-refractivity contribution in [1.29, 1.82) is 0 Å². The van der Waals surface area contributed by atoms with E-state index >= 15 is 0 Å². The Morgan fingerprint density at radius 3 is 1.73 bits per heavy atom. The van der Waals surface area contributed by atoms with Crippen LogP contribution in [-0.2, 0) is 4.74 Å². The molecular weight excluding hydrogens is 316 g/mol. The molecule has 0 fully saturated rings. The Morgan fingerprint density at radius 2 is 1.19 bits per heavy atom. The third kappa shape index (κ3) is 7.74. The minimum absolute atomic E-state index is 0.314. The highest BCUT2D eigenvalue weighted by Gasteiger charge is 2.15. The summed E-state index contributed by atoms with van der Waals surface area (Å²) in [7, 11) is 0. The van der Waals surface area contributed by atoms with E-state index < -0.39 is 0 Å². The van der Waals surface area contributed by atoms with Crippen LogP contribution in [0.15, 0.2) is 60.7 Å². The fourth-order valence-corrected chi connectivity index (χ4v) is 3.49. The van der Waals surface area contributed by atoms with Crippen LogP contribution in [-0.4, -0.2) is 12.7 Å². The highest BCUT2D eigenvalue weighted by Crippen LogP contribution is 2.25. The molecule has 0 aromatic heterocycles. The van der Waals surface area contributed by atoms with Crippen molar-refractivity contribution in [2.24, 2.45) is 0 Å². The highest BCUT2D eigenvalue weighted by atomic mass is 16.5. The lowest BCUT2D eigenvalue weighted by Gasteiger charge is -2.21. The molecule has 0 spiro atoms. The zero-order chi connectivity index (χ0) is 18.5. The van der Waals surface area contributed by atoms with E-state index in [1.165, 1.54) is 62.5 Å². The van der Waals surface area contributed by atoms with E-state index in [0.29, 0.717) is 12.0 Å². The van der Waals surface area contributed by atoms with Gasteiger partial charge in [0.05, 0.1) is 12.7 Å². The number of rotatable bonds is 13. The number of unbranched alkanes of at least 4 members (excludes halogenated alkanes) is 6. The van der Waals surface area contributed by atoms with E-state index in [9.17, 15) is 0 Å². The van der Waals surface area contributed by atoms with Gasteiger partial charge in [0.25, 0.3) is 0 Å². The molecule has 0 N–H and O–H groups in total. The van der Waals surface area contributed by atoms with Gasteiger partial charge in [-0.2, -0.15) is 0 Å². The van der Waals surface area contributed by atoms with Crippen LogP contribution in [0.25, 0.3) is 0 Å². The summed E-state index contributed by atoms with van der Waals surface area (Å²) in [6.07, 6.45) is 11.0. The molecule has 2 aromatic carbocycles. The molecule has 26 heavy (non-hydrogen) atoms. The molecule has 1 atom stereocenters. The molecule has 1 nitrogen and oxygen atoms in total. The molecule has 142 valence electrons. The number of hydrogen-bond donors (Lipinski definition) is 0. The van der Waals surface area contributed by atoms with Crippen LogP contribution in [0, 0.1) is 0 Å². The molecule has 1 heteroatoms. The van der Waals surface area contributed by atoms with Crippen molar-refractivity contribution >= 4 is 0 Å². The van der Waals surface area contributed by atoms with Gasteiger partial charge in [-0.05, 0) is 24.5 Å². The molecule has 0 aliphatic rings. The van der Waals surface area contributed by atoms with Gasteiger partial charge in [-0.25, -0.2) is 0 Å². The van der Waals surface area contributed by atoms with Crippen LogP contribution >= 0.6 is 0 Å². The number of benzene rings is 2. The Balaban J connectivity index is 1.76. The molecule has 0 saturated heterocycles. The van der Waals surface area contributed by atoms with Crippen LogP contribution in [0.1, 0.15) is 82.3 Å². The third-order valence-electron chi connectivity index (χ3n) is 5.17. The first-order valence-electron chi connectivity index (χ1n) is 10.5. The summed E-state index contributed by atoms with van der Waals surface area (Å²) in [4.78, 5) is 0. The average Bonchev–Trinajstić information content (AvgIpc) is 2.69. The predicted molar refractivity (Wildman–Crippen MR) is 113 cm³/mol. The third-order valence-corrected chi connectivity index (χ3v) is 5.17. The molecule has 0 bridgehead atoms. The molecule has 2 aromatic rings. The van der Waals surface area contributed by atoms with Crippen LogP contribution < -0.4 is 0 Å². The van der Waals surface area contributed by atoms with Gasteiger partial charge in [0.2, 0.25) is 0 Å². The lowest BCUT2D eigenvalue weighted by molar-refractivity contribution is 0.0535. The van der Waals surface area contributed by atoms with Crippen molar-refractivity contribution in [2.75, 3.05) is 6.61 Å². The second-order valence-corrected chi connectivity index (χ2v) is 7.43. The van der Waals surface area contributed by atoms with Gasteiger partial charge in [-0.1, -0.05) is 113 Å². The normalized spacial score (nSPS) is 12.4. The van der Waals surface area contributed by atoms with E-state index in [1.807, 2.05) is 0 Å². The van der Waals surface area contributed by atoms with Crippen molar-refractivity contribution in [3.63, 3.8) is 0 Å². The van der Waals surface area contributed by atoms with Crippen molar-refractivity contribution in [3.05, 3.63) is 71.8 Å². The summed E-state index contributed by atoms with van der Waals surface area (Å²) in [5, 5.41) is 0. The first-order valence-corrected chi connectivity index (χ1v) is 10.5. The number of ether oxygens (including phenoxy) is 1. The van der Waals surface area contributed by atoms with Gasteiger partial charge in [-0.15, -0.1) is 0 Å². The minimum Gasteiger partial charge on any atom is -0.378 e. The summed E-state index contributed by atoms with van der Waals surface area (Å²) < 4.78 is 6.26. The summed E-state index contributed by atoms with van der Waals surface area (Å²) in [5.74, 6) is 0.314.